The predicted octanol–water partition coefficient (Wildman–Crippen LogP) is 3.21. The molecule has 5 N–H and O–H groups in total. The second-order valence-corrected chi connectivity index (χ2v) is 18.8. The number of aliphatic hydroxyl groups is 1. The molecule has 15 nitrogen and oxygen atoms in total. The molecule has 0 bridgehead atoms. The largest absolute Gasteiger partial charge is 0.426 e. The normalized spacial score (nSPS) is 26.4. The number of nitrogens with one attached hydrogen (secondary N) is 4. The number of carbonyl (C=O) groups excluding carboxylic acids is 7. The Bertz CT molecular complexity index is 1930. The van der Waals surface area contributed by atoms with Crippen molar-refractivity contribution in [2.75, 3.05) is 27.2 Å². The minimum atomic E-state index is -5.43. The monoisotopic (exact) mass is 933 g/mol. The van der Waals surface area contributed by atoms with E-state index in [9.17, 15) is 56.2 Å². The van der Waals surface area contributed by atoms with Crippen molar-refractivity contribution in [2.24, 2.45) is 11.8 Å². The molecule has 0 radical (unpaired) electrons. The lowest BCUT2D eigenvalue weighted by atomic mass is 9.98. The molecular formula is C42H57Cl2F4N7O8. The van der Waals surface area contributed by atoms with Gasteiger partial charge in [-0.2, -0.15) is 13.2 Å². The van der Waals surface area contributed by atoms with E-state index < -0.39 is 108 Å². The van der Waals surface area contributed by atoms with Gasteiger partial charge in [-0.15, -0.1) is 0 Å². The number of benzene rings is 1. The minimum absolute atomic E-state index is 0.0329. The molecule has 21 heteroatoms. The van der Waals surface area contributed by atoms with Gasteiger partial charge in [-0.3, -0.25) is 33.6 Å². The lowest BCUT2D eigenvalue weighted by Gasteiger charge is -2.35. The van der Waals surface area contributed by atoms with E-state index in [4.69, 9.17) is 23.2 Å². The number of hydrogen-bond donors (Lipinski definition) is 5. The summed E-state index contributed by atoms with van der Waals surface area (Å²) in [6.45, 7) is 3.14. The Morgan fingerprint density at radius 1 is 1.03 bits per heavy atom. The molecule has 7 atom stereocenters. The van der Waals surface area contributed by atoms with Crippen molar-refractivity contribution in [3.05, 3.63) is 33.8 Å². The summed E-state index contributed by atoms with van der Waals surface area (Å²) < 4.78 is 55.6. The van der Waals surface area contributed by atoms with Crippen molar-refractivity contribution in [1.29, 1.82) is 0 Å². The molecule has 2 saturated carbocycles. The molecule has 4 fully saturated rings. The van der Waals surface area contributed by atoms with Gasteiger partial charge >= 0.3 is 6.18 Å². The summed E-state index contributed by atoms with van der Waals surface area (Å²) in [5.74, 6) is -6.40. The molecule has 2 aliphatic carbocycles. The second kappa shape index (κ2) is 19.9. The van der Waals surface area contributed by atoms with Gasteiger partial charge in [0.05, 0.1) is 6.54 Å². The molecule has 2 saturated heterocycles. The Morgan fingerprint density at radius 2 is 1.70 bits per heavy atom. The van der Waals surface area contributed by atoms with Crippen molar-refractivity contribution in [2.45, 2.75) is 145 Å². The van der Waals surface area contributed by atoms with Crippen LogP contribution < -0.4 is 21.3 Å². The Balaban J connectivity index is 1.43. The third-order valence-electron chi connectivity index (χ3n) is 12.4. The molecule has 5 rings (SSSR count). The zero-order chi connectivity index (χ0) is 46.8. The highest BCUT2D eigenvalue weighted by atomic mass is 35.5. The van der Waals surface area contributed by atoms with Gasteiger partial charge in [0, 0.05) is 43.5 Å². The molecule has 4 aliphatic rings. The maximum absolute atomic E-state index is 14.7. The number of hydrogen-bond acceptors (Lipinski definition) is 8. The zero-order valence-corrected chi connectivity index (χ0v) is 37.5. The van der Waals surface area contributed by atoms with Crippen LogP contribution in [0.25, 0.3) is 0 Å². The molecule has 63 heavy (non-hydrogen) atoms. The van der Waals surface area contributed by atoms with Crippen LogP contribution in [0.15, 0.2) is 18.2 Å². The number of likely N-dealkylation sites (tertiary alicyclic amines) is 1. The van der Waals surface area contributed by atoms with Crippen LogP contribution >= 0.6 is 23.2 Å². The smallest absolute Gasteiger partial charge is 0.373 e. The minimum Gasteiger partial charge on any atom is -0.373 e. The van der Waals surface area contributed by atoms with Crippen LogP contribution in [0.5, 0.6) is 0 Å². The number of halogens is 6. The van der Waals surface area contributed by atoms with E-state index in [0.29, 0.717) is 47.6 Å². The van der Waals surface area contributed by atoms with Crippen molar-refractivity contribution >= 4 is 64.6 Å². The summed E-state index contributed by atoms with van der Waals surface area (Å²) in [7, 11) is 2.74. The quantitative estimate of drug-likeness (QED) is 0.209. The highest BCUT2D eigenvalue weighted by molar-refractivity contribution is 6.33. The average molecular weight is 935 g/mol. The van der Waals surface area contributed by atoms with Crippen molar-refractivity contribution in [3.8, 4) is 0 Å². The number of amides is 7. The molecule has 7 amide bonds. The van der Waals surface area contributed by atoms with Gasteiger partial charge in [0.15, 0.2) is 0 Å². The summed E-state index contributed by atoms with van der Waals surface area (Å²) in [6.07, 6.45) is -5.12. The van der Waals surface area contributed by atoms with Crippen LogP contribution in [0.2, 0.25) is 10.0 Å². The summed E-state index contributed by atoms with van der Waals surface area (Å²) in [5, 5.41) is 21.7. The number of alkyl halides is 4. The Morgan fingerprint density at radius 3 is 2.30 bits per heavy atom. The number of nitrogens with zero attached hydrogens (tertiary/aromatic N) is 3. The summed E-state index contributed by atoms with van der Waals surface area (Å²) in [4.78, 5) is 100. The molecule has 1 aromatic carbocycles. The Labute approximate surface area is 373 Å². The lowest BCUT2D eigenvalue weighted by molar-refractivity contribution is -0.250. The molecule has 350 valence electrons. The van der Waals surface area contributed by atoms with Crippen LogP contribution in [0, 0.1) is 11.8 Å². The summed E-state index contributed by atoms with van der Waals surface area (Å²) in [5.41, 5.74) is -4.66. The standard InChI is InChI=1S/C42H57Cl2F4N7O8/c1-22(2)16-28-36(59)54(5)31(19-24-18-25(43)11-12-27(24)44)35(58)52-41(13-14-41)38(61)49-15-7-6-8-30(33(56)50-28)53(4)37(60)29(17-23-9-10-23)51-34(57)32-20-26(45)21-55(32)39(62)40(3,63)42(46,47)48/h11-12,18,22-23,26,28-32,63H,6-10,13-17,19-21H2,1-5H3,(H,49,61)(H,50,56)(H,51,57)(H,52,58)/t26-,28+,29+,30+,31+,32+,40-/m1/s1. The van der Waals surface area contributed by atoms with Gasteiger partial charge in [0.1, 0.15) is 41.9 Å². The zero-order valence-electron chi connectivity index (χ0n) is 36.0. The van der Waals surface area contributed by atoms with Crippen LogP contribution in [0.4, 0.5) is 17.6 Å². The first kappa shape index (κ1) is 49.8. The third kappa shape index (κ3) is 11.9. The number of rotatable bonds is 11. The Hall–Kier alpha value is -4.23. The van der Waals surface area contributed by atoms with Gasteiger partial charge in [0.25, 0.3) is 5.91 Å². The van der Waals surface area contributed by atoms with E-state index in [0.717, 1.165) is 4.90 Å². The predicted molar refractivity (Wildman–Crippen MR) is 223 cm³/mol. The summed E-state index contributed by atoms with van der Waals surface area (Å²) >= 11 is 12.8. The fourth-order valence-corrected chi connectivity index (χ4v) is 8.48. The molecule has 2 aliphatic heterocycles. The molecule has 1 aromatic rings. The van der Waals surface area contributed by atoms with E-state index >= 15 is 0 Å². The van der Waals surface area contributed by atoms with Gasteiger partial charge in [-0.25, -0.2) is 4.39 Å². The molecular weight excluding hydrogens is 877 g/mol. The van der Waals surface area contributed by atoms with E-state index in [1.165, 1.54) is 19.0 Å². The first-order chi connectivity index (χ1) is 29.4. The molecule has 2 heterocycles. The third-order valence-corrected chi connectivity index (χ3v) is 13.0. The fourth-order valence-electron chi connectivity index (χ4n) is 8.10. The lowest BCUT2D eigenvalue weighted by Crippen LogP contribution is -2.61. The fraction of sp³-hybridized carbons (Fsp3) is 0.690. The summed E-state index contributed by atoms with van der Waals surface area (Å²) in [6, 6.07) is -2.13. The molecule has 0 aromatic heterocycles. The van der Waals surface area contributed by atoms with Crippen LogP contribution in [-0.2, 0) is 40.0 Å². The number of likely N-dealkylation sites (N-methyl/N-ethyl adjacent to an activating group) is 2. The van der Waals surface area contributed by atoms with Crippen LogP contribution in [-0.4, -0.2) is 142 Å². The molecule has 0 unspecified atom stereocenters. The Kier molecular flexibility index (Phi) is 15.7. The van der Waals surface area contributed by atoms with Gasteiger partial charge in [0.2, 0.25) is 41.0 Å². The van der Waals surface area contributed by atoms with Crippen molar-refractivity contribution in [3.63, 3.8) is 0 Å². The second-order valence-electron chi connectivity index (χ2n) is 18.0. The first-order valence-electron chi connectivity index (χ1n) is 21.3. The first-order valence-corrected chi connectivity index (χ1v) is 22.0. The van der Waals surface area contributed by atoms with E-state index in [-0.39, 0.29) is 62.4 Å². The number of carbonyl (C=O) groups is 7. The maximum atomic E-state index is 14.7. The van der Waals surface area contributed by atoms with Crippen molar-refractivity contribution in [1.82, 2.24) is 36.0 Å². The topological polar surface area (TPSA) is 198 Å². The maximum Gasteiger partial charge on any atom is 0.426 e. The molecule has 1 spiro atoms. The van der Waals surface area contributed by atoms with E-state index in [1.54, 1.807) is 18.2 Å². The van der Waals surface area contributed by atoms with E-state index in [1.807, 2.05) is 13.8 Å². The van der Waals surface area contributed by atoms with Crippen molar-refractivity contribution < 1.29 is 56.2 Å². The van der Waals surface area contributed by atoms with Crippen LogP contribution in [0.1, 0.15) is 90.5 Å². The average Bonchev–Trinajstić information content (AvgIpc) is 4.14. The van der Waals surface area contributed by atoms with E-state index in [2.05, 4.69) is 21.3 Å². The SMILES string of the molecule is CC(C)C[C@@H]1NC(=O)[C@@H](N(C)C(=O)[C@H](CC2CC2)NC(=O)[C@@H]2C[C@@H](F)CN2C(=O)[C@@](C)(O)C(F)(F)F)CCCCNC(=O)C2(CC2)NC(=O)[C@H](Cc2cc(Cl)ccc2Cl)N(C)C1=O. The highest BCUT2D eigenvalue weighted by Gasteiger charge is 2.59. The highest BCUT2D eigenvalue weighted by Crippen LogP contribution is 2.38. The van der Waals surface area contributed by atoms with Crippen LogP contribution in [0.3, 0.4) is 0 Å². The van der Waals surface area contributed by atoms with Gasteiger partial charge < -0.3 is 41.1 Å². The van der Waals surface area contributed by atoms with Gasteiger partial charge in [-0.05, 0) is 87.5 Å². The van der Waals surface area contributed by atoms with Gasteiger partial charge in [-0.1, -0.05) is 49.9 Å².